The van der Waals surface area contributed by atoms with E-state index in [1.54, 1.807) is 19.1 Å². The highest BCUT2D eigenvalue weighted by atomic mass is 19.3. The summed E-state index contributed by atoms with van der Waals surface area (Å²) < 4.78 is 55.3. The highest BCUT2D eigenvalue weighted by Crippen LogP contribution is 2.50. The monoisotopic (exact) mass is 590 g/mol. The van der Waals surface area contributed by atoms with Crippen LogP contribution in [-0.2, 0) is 29.8 Å². The molecule has 4 rings (SSSR count). The molecule has 1 aliphatic heterocycles. The molecule has 1 saturated heterocycles. The molecular formula is C30H33F3N2O7. The number of carbonyl (C=O) groups excluding carboxylic acids is 3. The first-order valence-electron chi connectivity index (χ1n) is 13.8. The molecule has 226 valence electrons. The fourth-order valence-electron chi connectivity index (χ4n) is 5.34. The highest BCUT2D eigenvalue weighted by molar-refractivity contribution is 5.99. The van der Waals surface area contributed by atoms with Crippen molar-refractivity contribution >= 4 is 23.8 Å². The van der Waals surface area contributed by atoms with E-state index >= 15 is 4.39 Å². The van der Waals surface area contributed by atoms with Crippen molar-refractivity contribution in [2.75, 3.05) is 32.9 Å². The fourth-order valence-corrected chi connectivity index (χ4v) is 5.34. The van der Waals surface area contributed by atoms with Crippen molar-refractivity contribution in [1.29, 1.82) is 0 Å². The van der Waals surface area contributed by atoms with Gasteiger partial charge in [0.25, 0.3) is 11.8 Å². The van der Waals surface area contributed by atoms with Gasteiger partial charge in [0.2, 0.25) is 5.91 Å². The van der Waals surface area contributed by atoms with Crippen LogP contribution in [-0.4, -0.2) is 78.4 Å². The first-order valence-corrected chi connectivity index (χ1v) is 13.8. The second-order valence-corrected chi connectivity index (χ2v) is 10.5. The maximum atomic E-state index is 15.5. The molecular weight excluding hydrogens is 557 g/mol. The van der Waals surface area contributed by atoms with E-state index in [0.717, 1.165) is 4.90 Å². The van der Waals surface area contributed by atoms with E-state index in [1.807, 2.05) is 0 Å². The van der Waals surface area contributed by atoms with E-state index < -0.39 is 61.5 Å². The van der Waals surface area contributed by atoms with E-state index in [-0.39, 0.29) is 41.3 Å². The molecule has 1 heterocycles. The number of esters is 1. The normalized spacial score (nSPS) is 20.1. The van der Waals surface area contributed by atoms with Gasteiger partial charge >= 0.3 is 11.9 Å². The second-order valence-electron chi connectivity index (χ2n) is 10.5. The van der Waals surface area contributed by atoms with Gasteiger partial charge in [-0.15, -0.1) is 0 Å². The van der Waals surface area contributed by atoms with E-state index in [2.05, 4.69) is 5.32 Å². The number of alkyl halides is 3. The van der Waals surface area contributed by atoms with Gasteiger partial charge in [-0.2, -0.15) is 8.78 Å². The Morgan fingerprint density at radius 3 is 2.50 bits per heavy atom. The lowest BCUT2D eigenvalue weighted by Gasteiger charge is -2.22. The second kappa shape index (κ2) is 12.9. The van der Waals surface area contributed by atoms with Gasteiger partial charge in [0, 0.05) is 36.1 Å². The van der Waals surface area contributed by atoms with E-state index in [1.165, 1.54) is 30.3 Å². The number of rotatable bonds is 13. The SMILES string of the molecule is CCOC(=O)CCCCCOC[C@@]1(F)C[C@@H](C(=O)O)N(C(=O)CNC(=O)c2ccc3c(c2)-c2ccccc2C3(F)F)C1. The van der Waals surface area contributed by atoms with Gasteiger partial charge in [-0.3, -0.25) is 14.4 Å². The number of aliphatic carboxylic acids is 1. The number of nitrogens with zero attached hydrogens (tertiary/aromatic N) is 1. The number of carboxylic acids is 1. The maximum Gasteiger partial charge on any atom is 0.326 e. The summed E-state index contributed by atoms with van der Waals surface area (Å²) in [6, 6.07) is 8.29. The topological polar surface area (TPSA) is 122 Å². The third-order valence-corrected chi connectivity index (χ3v) is 7.41. The van der Waals surface area contributed by atoms with Gasteiger partial charge in [0.05, 0.1) is 26.3 Å². The summed E-state index contributed by atoms with van der Waals surface area (Å²) in [6.45, 7) is 0.705. The van der Waals surface area contributed by atoms with Crippen LogP contribution in [0.2, 0.25) is 0 Å². The first kappa shape index (κ1) is 31.0. The summed E-state index contributed by atoms with van der Waals surface area (Å²) in [4.78, 5) is 49.7. The summed E-state index contributed by atoms with van der Waals surface area (Å²) in [5.41, 5.74) is -1.92. The smallest absolute Gasteiger partial charge is 0.326 e. The zero-order chi connectivity index (χ0) is 30.5. The molecule has 2 aliphatic rings. The van der Waals surface area contributed by atoms with Gasteiger partial charge in [-0.05, 0) is 43.0 Å². The van der Waals surface area contributed by atoms with E-state index in [9.17, 15) is 33.1 Å². The molecule has 0 aromatic heterocycles. The van der Waals surface area contributed by atoms with Gasteiger partial charge in [-0.25, -0.2) is 9.18 Å². The van der Waals surface area contributed by atoms with Gasteiger partial charge in [-0.1, -0.05) is 36.8 Å². The molecule has 2 amide bonds. The van der Waals surface area contributed by atoms with Crippen molar-refractivity contribution in [3.05, 3.63) is 59.2 Å². The quantitative estimate of drug-likeness (QED) is 0.266. The maximum absolute atomic E-state index is 15.5. The highest BCUT2D eigenvalue weighted by Gasteiger charge is 2.50. The molecule has 42 heavy (non-hydrogen) atoms. The van der Waals surface area contributed by atoms with Gasteiger partial charge in [0.1, 0.15) is 6.04 Å². The van der Waals surface area contributed by atoms with Crippen molar-refractivity contribution in [2.24, 2.45) is 0 Å². The number of amides is 2. The molecule has 0 radical (unpaired) electrons. The lowest BCUT2D eigenvalue weighted by Crippen LogP contribution is -2.46. The number of likely N-dealkylation sites (tertiary alicyclic amines) is 1. The summed E-state index contributed by atoms with van der Waals surface area (Å²) >= 11 is 0. The summed E-state index contributed by atoms with van der Waals surface area (Å²) in [6.07, 6.45) is 1.65. The zero-order valence-corrected chi connectivity index (χ0v) is 23.2. The Bertz CT molecular complexity index is 1350. The number of halogens is 3. The Morgan fingerprint density at radius 1 is 1.02 bits per heavy atom. The van der Waals surface area contributed by atoms with Crippen molar-refractivity contribution < 1.29 is 46.9 Å². The summed E-state index contributed by atoms with van der Waals surface area (Å²) in [5, 5.41) is 12.0. The molecule has 2 aromatic rings. The molecule has 2 atom stereocenters. The van der Waals surface area contributed by atoms with Gasteiger partial charge in [0.15, 0.2) is 5.67 Å². The molecule has 0 bridgehead atoms. The number of benzene rings is 2. The molecule has 1 aliphatic carbocycles. The van der Waals surface area contributed by atoms with E-state index in [0.29, 0.717) is 31.4 Å². The van der Waals surface area contributed by atoms with Gasteiger partial charge < -0.3 is 24.8 Å². The minimum absolute atomic E-state index is 0.0424. The van der Waals surface area contributed by atoms with Crippen LogP contribution in [0.5, 0.6) is 0 Å². The largest absolute Gasteiger partial charge is 0.480 e. The Labute approximate surface area is 241 Å². The Kier molecular flexibility index (Phi) is 9.55. The molecule has 0 spiro atoms. The third-order valence-electron chi connectivity index (χ3n) is 7.41. The number of unbranched alkanes of at least 4 members (excludes halogenated alkanes) is 2. The molecule has 0 unspecified atom stereocenters. The lowest BCUT2D eigenvalue weighted by atomic mass is 10.0. The van der Waals surface area contributed by atoms with Crippen LogP contribution in [0, 0.1) is 0 Å². The Hall–Kier alpha value is -3.93. The van der Waals surface area contributed by atoms with Crippen LogP contribution < -0.4 is 5.32 Å². The summed E-state index contributed by atoms with van der Waals surface area (Å²) in [7, 11) is 0. The standard InChI is InChI=1S/C30H33F3N2O7/c1-2-42-26(37)10-4-3-7-13-41-18-29(31)15-24(28(39)40)35(17-29)25(36)16-34-27(38)19-11-12-23-21(14-19)20-8-5-6-9-22(20)30(23,32)33/h5-6,8-9,11-12,14,24H,2-4,7,10,13,15-18H2,1H3,(H,34,38)(H,39,40)/t24-,29+/m0/s1. The predicted octanol–water partition coefficient (Wildman–Crippen LogP) is 4.07. The van der Waals surface area contributed by atoms with Crippen LogP contribution in [0.3, 0.4) is 0 Å². The van der Waals surface area contributed by atoms with Crippen LogP contribution >= 0.6 is 0 Å². The first-order chi connectivity index (χ1) is 20.0. The molecule has 9 nitrogen and oxygen atoms in total. The van der Waals surface area contributed by atoms with Crippen molar-refractivity contribution in [3.8, 4) is 11.1 Å². The fraction of sp³-hybridized carbons (Fsp3) is 0.467. The van der Waals surface area contributed by atoms with Crippen molar-refractivity contribution in [3.63, 3.8) is 0 Å². The number of hydrogen-bond donors (Lipinski definition) is 2. The van der Waals surface area contributed by atoms with Crippen LogP contribution in [0.1, 0.15) is 60.5 Å². The molecule has 2 N–H and O–H groups in total. The number of fused-ring (bicyclic) bond motifs is 3. The Morgan fingerprint density at radius 2 is 1.76 bits per heavy atom. The average Bonchev–Trinajstić information content (AvgIpc) is 3.43. The molecule has 2 aromatic carbocycles. The van der Waals surface area contributed by atoms with Crippen molar-refractivity contribution in [2.45, 2.75) is 56.7 Å². The molecule has 1 fully saturated rings. The number of hydrogen-bond acceptors (Lipinski definition) is 6. The number of carboxylic acid groups (broad SMARTS) is 1. The average molecular weight is 591 g/mol. The third kappa shape index (κ3) is 6.75. The van der Waals surface area contributed by atoms with E-state index in [4.69, 9.17) is 9.47 Å². The zero-order valence-electron chi connectivity index (χ0n) is 23.2. The van der Waals surface area contributed by atoms with Crippen LogP contribution in [0.15, 0.2) is 42.5 Å². The van der Waals surface area contributed by atoms with Crippen LogP contribution in [0.25, 0.3) is 11.1 Å². The number of carbonyl (C=O) groups is 4. The summed E-state index contributed by atoms with van der Waals surface area (Å²) in [5.74, 6) is -6.39. The van der Waals surface area contributed by atoms with Crippen LogP contribution in [0.4, 0.5) is 13.2 Å². The minimum Gasteiger partial charge on any atom is -0.480 e. The lowest BCUT2D eigenvalue weighted by molar-refractivity contribution is -0.147. The molecule has 12 heteroatoms. The minimum atomic E-state index is -3.20. The predicted molar refractivity (Wildman–Crippen MR) is 145 cm³/mol. The number of ether oxygens (including phenoxy) is 2. The van der Waals surface area contributed by atoms with Crippen molar-refractivity contribution in [1.82, 2.24) is 10.2 Å². The Balaban J connectivity index is 1.29. The number of nitrogens with one attached hydrogen (secondary N) is 1. The molecule has 0 saturated carbocycles.